The highest BCUT2D eigenvalue weighted by Crippen LogP contribution is 2.49. The van der Waals surface area contributed by atoms with Gasteiger partial charge in [-0.25, -0.2) is 0 Å². The minimum Gasteiger partial charge on any atom is -0.311 e. The Hall–Kier alpha value is -6.22. The number of rotatable bonds is 5. The van der Waals surface area contributed by atoms with E-state index in [1.807, 2.05) is 0 Å². The Morgan fingerprint density at radius 1 is 0.379 bits per heavy atom. The summed E-state index contributed by atoms with van der Waals surface area (Å²) in [4.78, 5) is 2.60. The molecule has 0 bridgehead atoms. The molecule has 0 aromatic heterocycles. The first-order chi connectivity index (χ1) is 28.3. The van der Waals surface area contributed by atoms with E-state index in [-0.39, 0.29) is 10.8 Å². The highest BCUT2D eigenvalue weighted by molar-refractivity contribution is 7.25. The minimum atomic E-state index is -2.74. The quantitative estimate of drug-likeness (QED) is 0.158. The van der Waals surface area contributed by atoms with Crippen LogP contribution in [0.4, 0.5) is 17.1 Å². The summed E-state index contributed by atoms with van der Waals surface area (Å²) in [6.07, 6.45) is 2.37. The van der Waals surface area contributed by atoms with Crippen LogP contribution >= 0.6 is 0 Å². The first-order valence-electron chi connectivity index (χ1n) is 20.9. The van der Waals surface area contributed by atoms with Crippen LogP contribution in [0.3, 0.4) is 0 Å². The zero-order valence-corrected chi connectivity index (χ0v) is 34.8. The third-order valence-corrected chi connectivity index (χ3v) is 18.8. The molecule has 1 nitrogen and oxygen atoms in total. The molecule has 0 amide bonds. The molecular formula is C56H47NSi. The van der Waals surface area contributed by atoms with Crippen LogP contribution in [0.5, 0.6) is 0 Å². The Morgan fingerprint density at radius 2 is 0.810 bits per heavy atom. The number of nitrogens with zero attached hydrogens (tertiary/aromatic N) is 1. The Balaban J connectivity index is 1.14. The van der Waals surface area contributed by atoms with E-state index in [2.05, 4.69) is 221 Å². The molecule has 2 aliphatic heterocycles. The summed E-state index contributed by atoms with van der Waals surface area (Å²) < 4.78 is 0. The fraction of sp³-hybridized carbons (Fsp3) is 0.143. The van der Waals surface area contributed by atoms with Gasteiger partial charge >= 0.3 is 0 Å². The van der Waals surface area contributed by atoms with Gasteiger partial charge in [-0.2, -0.15) is 0 Å². The maximum atomic E-state index is 2.60. The lowest BCUT2D eigenvalue weighted by atomic mass is 9.63. The molecule has 0 N–H and O–H groups in total. The van der Waals surface area contributed by atoms with Gasteiger partial charge in [0.1, 0.15) is 0 Å². The molecule has 0 radical (unpaired) electrons. The van der Waals surface area contributed by atoms with Crippen LogP contribution < -0.4 is 25.6 Å². The number of fused-ring (bicyclic) bond motifs is 11. The second-order valence-electron chi connectivity index (χ2n) is 17.9. The average Bonchev–Trinajstić information content (AvgIpc) is 3.74. The van der Waals surface area contributed by atoms with Crippen molar-refractivity contribution in [3.05, 3.63) is 199 Å². The number of hydrogen-bond donors (Lipinski definition) is 0. The largest absolute Gasteiger partial charge is 0.311 e. The Labute approximate surface area is 344 Å². The zero-order chi connectivity index (χ0) is 39.2. The molecular weight excluding hydrogens is 715 g/mol. The third kappa shape index (κ3) is 5.07. The van der Waals surface area contributed by atoms with Gasteiger partial charge < -0.3 is 4.90 Å². The van der Waals surface area contributed by atoms with Gasteiger partial charge in [-0.3, -0.25) is 0 Å². The molecule has 0 fully saturated rings. The van der Waals surface area contributed by atoms with Crippen molar-refractivity contribution < 1.29 is 0 Å². The van der Waals surface area contributed by atoms with Gasteiger partial charge in [-0.1, -0.05) is 185 Å². The van der Waals surface area contributed by atoms with Gasteiger partial charge in [0.25, 0.3) is 0 Å². The van der Waals surface area contributed by atoms with Crippen molar-refractivity contribution in [3.63, 3.8) is 0 Å². The summed E-state index contributed by atoms with van der Waals surface area (Å²) in [5, 5.41) is 5.98. The summed E-state index contributed by atoms with van der Waals surface area (Å²) in [6, 6.07) is 71.3. The van der Waals surface area contributed by atoms with Crippen LogP contribution in [-0.4, -0.2) is 8.07 Å². The van der Waals surface area contributed by atoms with Crippen LogP contribution in [0.15, 0.2) is 188 Å². The van der Waals surface area contributed by atoms with Gasteiger partial charge in [0.2, 0.25) is 0 Å². The number of hydrogen-bond acceptors (Lipinski definition) is 1. The van der Waals surface area contributed by atoms with Gasteiger partial charge in [-0.05, 0) is 130 Å². The lowest BCUT2D eigenvalue weighted by Crippen LogP contribution is -2.71. The van der Waals surface area contributed by atoms with Crippen molar-refractivity contribution in [2.75, 3.05) is 4.90 Å². The van der Waals surface area contributed by atoms with Crippen LogP contribution in [0.2, 0.25) is 0 Å². The monoisotopic (exact) mass is 761 g/mol. The van der Waals surface area contributed by atoms with E-state index < -0.39 is 8.07 Å². The second-order valence-corrected chi connectivity index (χ2v) is 21.5. The molecule has 2 heterocycles. The summed E-state index contributed by atoms with van der Waals surface area (Å²) in [5.74, 6) is 0. The molecule has 11 rings (SSSR count). The molecule has 8 aromatic rings. The molecule has 8 aromatic carbocycles. The van der Waals surface area contributed by atoms with Gasteiger partial charge in [0.05, 0.1) is 0 Å². The van der Waals surface area contributed by atoms with E-state index in [0.29, 0.717) is 0 Å². The maximum Gasteiger partial charge on any atom is 0.184 e. The lowest BCUT2D eigenvalue weighted by molar-refractivity contribution is 0.332. The zero-order valence-electron chi connectivity index (χ0n) is 33.8. The predicted octanol–water partition coefficient (Wildman–Crippen LogP) is 12.2. The van der Waals surface area contributed by atoms with E-state index in [1.165, 1.54) is 106 Å². The highest BCUT2D eigenvalue weighted by atomic mass is 28.3. The van der Waals surface area contributed by atoms with E-state index in [1.54, 1.807) is 0 Å². The van der Waals surface area contributed by atoms with Gasteiger partial charge in [-0.15, -0.1) is 0 Å². The molecule has 280 valence electrons. The molecule has 0 saturated carbocycles. The van der Waals surface area contributed by atoms with E-state index in [0.717, 1.165) is 0 Å². The summed E-state index contributed by atoms with van der Waals surface area (Å²) in [5.41, 5.74) is 17.3. The van der Waals surface area contributed by atoms with Crippen LogP contribution in [0.1, 0.15) is 51.7 Å². The summed E-state index contributed by atoms with van der Waals surface area (Å²) in [7, 11) is -2.74. The second kappa shape index (κ2) is 12.9. The third-order valence-electron chi connectivity index (χ3n) is 13.8. The van der Waals surface area contributed by atoms with Crippen molar-refractivity contribution in [3.8, 4) is 44.5 Å². The first-order valence-corrected chi connectivity index (χ1v) is 22.9. The fourth-order valence-electron chi connectivity index (χ4n) is 10.8. The standard InChI is InChI=1S/C56H47NSi/c1-55(2)35-36-56(3,4)49-37-43(33-34-48(49)55)57(42-31-29-41(30-32-42)40-27-25-39(26-28-40)38-15-6-5-7-16-38)50-21-14-20-47-46-19-10-13-24-53(46)58(54(47)50)51-22-11-8-17-44(51)45-18-9-12-23-52(45)58/h5-34,37H,35-36H2,1-4H3. The molecule has 3 aliphatic rings. The predicted molar refractivity (Wildman–Crippen MR) is 249 cm³/mol. The molecule has 58 heavy (non-hydrogen) atoms. The van der Waals surface area contributed by atoms with Crippen molar-refractivity contribution in [2.45, 2.75) is 51.4 Å². The van der Waals surface area contributed by atoms with Gasteiger partial charge in [0, 0.05) is 17.1 Å². The smallest absolute Gasteiger partial charge is 0.184 e. The molecule has 1 spiro atoms. The van der Waals surface area contributed by atoms with Crippen LogP contribution in [-0.2, 0) is 10.8 Å². The van der Waals surface area contributed by atoms with E-state index in [9.17, 15) is 0 Å². The van der Waals surface area contributed by atoms with Crippen molar-refractivity contribution in [2.24, 2.45) is 0 Å². The molecule has 1 aliphatic carbocycles. The number of benzene rings is 8. The molecule has 0 atom stereocenters. The maximum absolute atomic E-state index is 2.74. The highest BCUT2D eigenvalue weighted by Gasteiger charge is 2.55. The average molecular weight is 762 g/mol. The van der Waals surface area contributed by atoms with E-state index >= 15 is 0 Å². The van der Waals surface area contributed by atoms with Crippen molar-refractivity contribution >= 4 is 45.9 Å². The van der Waals surface area contributed by atoms with Gasteiger partial charge in [0.15, 0.2) is 8.07 Å². The fourth-order valence-corrected chi connectivity index (χ4v) is 16.5. The Bertz CT molecular complexity index is 2820. The summed E-state index contributed by atoms with van der Waals surface area (Å²) in [6.45, 7) is 9.74. The molecule has 0 unspecified atom stereocenters. The van der Waals surface area contributed by atoms with E-state index in [4.69, 9.17) is 0 Å². The topological polar surface area (TPSA) is 3.24 Å². The first kappa shape index (κ1) is 35.0. The van der Waals surface area contributed by atoms with Crippen molar-refractivity contribution in [1.82, 2.24) is 0 Å². The SMILES string of the molecule is CC1(C)CCC(C)(C)c2cc(N(c3ccc(-c4ccc(-c5ccccc5)cc4)cc3)c3cccc4c3[Si]3(c5ccccc5-c5ccccc53)c3ccccc3-4)ccc21. The Kier molecular flexibility index (Phi) is 7.78. The summed E-state index contributed by atoms with van der Waals surface area (Å²) >= 11 is 0. The molecule has 0 saturated heterocycles. The lowest BCUT2D eigenvalue weighted by Gasteiger charge is -2.42. The normalized spacial score (nSPS) is 15.9. The van der Waals surface area contributed by atoms with Crippen LogP contribution in [0.25, 0.3) is 44.5 Å². The van der Waals surface area contributed by atoms with Crippen molar-refractivity contribution in [1.29, 1.82) is 0 Å². The van der Waals surface area contributed by atoms with Crippen LogP contribution in [0, 0.1) is 0 Å². The molecule has 2 heteroatoms. The minimum absolute atomic E-state index is 0.0798. The number of anilines is 3. The Morgan fingerprint density at radius 3 is 1.38 bits per heavy atom.